The molecule has 0 atom stereocenters. The Kier molecular flexibility index (Phi) is 4.38. The van der Waals surface area contributed by atoms with Crippen LogP contribution in [-0.4, -0.2) is 22.7 Å². The molecule has 0 spiro atoms. The van der Waals surface area contributed by atoms with Crippen LogP contribution in [0.1, 0.15) is 12.5 Å². The van der Waals surface area contributed by atoms with Crippen molar-refractivity contribution in [3.63, 3.8) is 0 Å². The van der Waals surface area contributed by atoms with E-state index in [1.165, 1.54) is 19.1 Å². The number of amides is 2. The first-order valence-corrected chi connectivity index (χ1v) is 6.85. The van der Waals surface area contributed by atoms with Crippen LogP contribution in [0.4, 0.5) is 5.69 Å². The van der Waals surface area contributed by atoms with Gasteiger partial charge in [0.25, 0.3) is 11.8 Å². The van der Waals surface area contributed by atoms with Gasteiger partial charge in [-0.15, -0.1) is 0 Å². The van der Waals surface area contributed by atoms with E-state index in [1.54, 1.807) is 24.3 Å². The second kappa shape index (κ2) is 6.22. The minimum atomic E-state index is -0.341. The van der Waals surface area contributed by atoms with Gasteiger partial charge in [0.1, 0.15) is 0 Å². The van der Waals surface area contributed by atoms with Crippen molar-refractivity contribution in [1.82, 2.24) is 0 Å². The molecule has 4 nitrogen and oxygen atoms in total. The molecule has 1 aliphatic rings. The van der Waals surface area contributed by atoms with Gasteiger partial charge in [0.15, 0.2) is 5.12 Å². The highest BCUT2D eigenvalue weighted by molar-refractivity contribution is 8.13. The Morgan fingerprint density at radius 2 is 1.75 bits per heavy atom. The monoisotopic (exact) mass is 285 g/mol. The maximum absolute atomic E-state index is 11.5. The van der Waals surface area contributed by atoms with Crippen LogP contribution in [-0.2, 0) is 14.4 Å². The summed E-state index contributed by atoms with van der Waals surface area (Å²) in [7, 11) is 0. The van der Waals surface area contributed by atoms with Crippen molar-refractivity contribution < 1.29 is 14.4 Å². The Morgan fingerprint density at radius 3 is 2.30 bits per heavy atom. The highest BCUT2D eigenvalue weighted by atomic mass is 32.2. The Bertz CT molecular complexity index is 632. The number of thioether (sulfide) groups is 1. The van der Waals surface area contributed by atoms with Gasteiger partial charge in [-0.2, -0.15) is 0 Å². The smallest absolute Gasteiger partial charge is 0.258 e. The van der Waals surface area contributed by atoms with Gasteiger partial charge in [-0.1, -0.05) is 23.6 Å². The number of rotatable bonds is 2. The average molecular weight is 285 g/mol. The van der Waals surface area contributed by atoms with Gasteiger partial charge in [0.05, 0.1) is 11.4 Å². The van der Waals surface area contributed by atoms with Crippen LogP contribution >= 0.6 is 11.8 Å². The average Bonchev–Trinajstić information content (AvgIpc) is 2.75. The fourth-order valence-electron chi connectivity index (χ4n) is 1.62. The molecule has 0 aromatic heterocycles. The Morgan fingerprint density at radius 1 is 1.15 bits per heavy atom. The number of nitrogens with zero attached hydrogens (tertiary/aromatic N) is 1. The van der Waals surface area contributed by atoms with E-state index in [0.29, 0.717) is 11.4 Å². The molecule has 2 rings (SSSR count). The lowest BCUT2D eigenvalue weighted by Gasteiger charge is -2.13. The molecule has 0 N–H and O–H groups in total. The molecular formula is C15H11NO3S. The molecule has 1 heterocycles. The number of carbonyl (C=O) groups excluding carboxylic acids is 3. The van der Waals surface area contributed by atoms with Crippen LogP contribution in [0.5, 0.6) is 0 Å². The van der Waals surface area contributed by atoms with Crippen LogP contribution in [0.2, 0.25) is 0 Å². The normalized spacial score (nSPS) is 13.3. The van der Waals surface area contributed by atoms with Crippen LogP contribution in [0, 0.1) is 11.8 Å². The maximum Gasteiger partial charge on any atom is 0.258 e. The van der Waals surface area contributed by atoms with E-state index in [-0.39, 0.29) is 16.9 Å². The summed E-state index contributed by atoms with van der Waals surface area (Å²) < 4.78 is 0. The molecule has 20 heavy (non-hydrogen) atoms. The number of hydrogen-bond donors (Lipinski definition) is 0. The minimum Gasteiger partial charge on any atom is -0.288 e. The van der Waals surface area contributed by atoms with E-state index in [9.17, 15) is 14.4 Å². The molecule has 0 bridgehead atoms. The highest BCUT2D eigenvalue weighted by Crippen LogP contribution is 2.19. The van der Waals surface area contributed by atoms with Gasteiger partial charge in [-0.25, -0.2) is 4.90 Å². The third kappa shape index (κ3) is 3.37. The molecule has 1 aliphatic heterocycles. The molecule has 0 unspecified atom stereocenters. The van der Waals surface area contributed by atoms with E-state index in [0.717, 1.165) is 22.2 Å². The highest BCUT2D eigenvalue weighted by Gasteiger charge is 2.24. The minimum absolute atomic E-state index is 0.0354. The van der Waals surface area contributed by atoms with Crippen LogP contribution in [0.15, 0.2) is 36.4 Å². The summed E-state index contributed by atoms with van der Waals surface area (Å²) in [5.41, 5.74) is 1.29. The molecule has 5 heteroatoms. The third-order valence-corrected chi connectivity index (χ3v) is 3.21. The quantitative estimate of drug-likeness (QED) is 0.613. The van der Waals surface area contributed by atoms with Gasteiger partial charge >= 0.3 is 0 Å². The summed E-state index contributed by atoms with van der Waals surface area (Å²) in [5.74, 6) is 5.55. The van der Waals surface area contributed by atoms with E-state index in [2.05, 4.69) is 11.8 Å². The van der Waals surface area contributed by atoms with Crippen LogP contribution in [0.25, 0.3) is 0 Å². The summed E-state index contributed by atoms with van der Waals surface area (Å²) >= 11 is 1.16. The lowest BCUT2D eigenvalue weighted by atomic mass is 10.2. The van der Waals surface area contributed by atoms with Gasteiger partial charge in [0, 0.05) is 24.6 Å². The van der Waals surface area contributed by atoms with Crippen LogP contribution in [0.3, 0.4) is 0 Å². The summed E-state index contributed by atoms with van der Waals surface area (Å²) in [6.45, 7) is 1.50. The first-order chi connectivity index (χ1) is 9.58. The topological polar surface area (TPSA) is 54.5 Å². The molecule has 0 fully saturated rings. The molecule has 0 saturated heterocycles. The first-order valence-electron chi connectivity index (χ1n) is 5.86. The fourth-order valence-corrected chi connectivity index (χ4v) is 1.97. The van der Waals surface area contributed by atoms with E-state index in [4.69, 9.17) is 0 Å². The van der Waals surface area contributed by atoms with E-state index < -0.39 is 0 Å². The summed E-state index contributed by atoms with van der Waals surface area (Å²) in [6.07, 6.45) is 2.49. The zero-order valence-electron chi connectivity index (χ0n) is 10.8. The van der Waals surface area contributed by atoms with Gasteiger partial charge in [-0.05, 0) is 24.3 Å². The van der Waals surface area contributed by atoms with E-state index >= 15 is 0 Å². The Hall–Kier alpha value is -2.32. The SMILES string of the molecule is CC(=O)SCC#Cc1ccc(N2C(=O)C=CC2=O)cc1. The second-order valence-electron chi connectivity index (χ2n) is 3.97. The fraction of sp³-hybridized carbons (Fsp3) is 0.133. The standard InChI is InChI=1S/C15H11NO3S/c1-11(17)20-10-2-3-12-4-6-13(7-5-12)16-14(18)8-9-15(16)19/h4-9H,10H2,1H3. The molecule has 0 saturated carbocycles. The number of benzene rings is 1. The van der Waals surface area contributed by atoms with Crippen LogP contribution < -0.4 is 4.90 Å². The van der Waals surface area contributed by atoms with Crippen molar-refractivity contribution in [2.24, 2.45) is 0 Å². The molecule has 1 aromatic carbocycles. The Labute approximate surface area is 120 Å². The zero-order valence-corrected chi connectivity index (χ0v) is 11.6. The predicted molar refractivity (Wildman–Crippen MR) is 78.1 cm³/mol. The first kappa shape index (κ1) is 14.1. The van der Waals surface area contributed by atoms with Gasteiger partial charge < -0.3 is 0 Å². The second-order valence-corrected chi connectivity index (χ2v) is 5.13. The molecule has 0 radical (unpaired) electrons. The van der Waals surface area contributed by atoms with Gasteiger partial charge in [-0.3, -0.25) is 14.4 Å². The predicted octanol–water partition coefficient (Wildman–Crippen LogP) is 1.75. The van der Waals surface area contributed by atoms with Crippen molar-refractivity contribution >= 4 is 34.4 Å². The van der Waals surface area contributed by atoms with Crippen molar-refractivity contribution in [3.8, 4) is 11.8 Å². The number of anilines is 1. The lowest BCUT2D eigenvalue weighted by molar-refractivity contribution is -0.120. The summed E-state index contributed by atoms with van der Waals surface area (Å²) in [5, 5.41) is 0.0354. The summed E-state index contributed by atoms with van der Waals surface area (Å²) in [6, 6.07) is 6.81. The number of imide groups is 1. The molecule has 100 valence electrons. The van der Waals surface area contributed by atoms with Gasteiger partial charge in [0.2, 0.25) is 0 Å². The largest absolute Gasteiger partial charge is 0.288 e. The zero-order chi connectivity index (χ0) is 14.5. The third-order valence-electron chi connectivity index (χ3n) is 2.52. The molecular weight excluding hydrogens is 274 g/mol. The van der Waals surface area contributed by atoms with Crippen molar-refractivity contribution in [2.45, 2.75) is 6.92 Å². The molecule has 0 aliphatic carbocycles. The number of hydrogen-bond acceptors (Lipinski definition) is 4. The van der Waals surface area contributed by atoms with E-state index in [1.807, 2.05) is 0 Å². The maximum atomic E-state index is 11.5. The Balaban J connectivity index is 2.05. The molecule has 1 aromatic rings. The van der Waals surface area contributed by atoms with Crippen molar-refractivity contribution in [2.75, 3.05) is 10.7 Å². The summed E-state index contributed by atoms with van der Waals surface area (Å²) in [4.78, 5) is 34.8. The number of carbonyl (C=O) groups is 3. The lowest BCUT2D eigenvalue weighted by Crippen LogP contribution is -2.29. The van der Waals surface area contributed by atoms with Crippen molar-refractivity contribution in [3.05, 3.63) is 42.0 Å². The molecule has 2 amide bonds. The van der Waals surface area contributed by atoms with Crippen molar-refractivity contribution in [1.29, 1.82) is 0 Å².